The number of hydrogen-bond donors (Lipinski definition) is 2. The second-order valence-electron chi connectivity index (χ2n) is 7.37. The molecule has 0 aliphatic rings. The molecular formula is C24H21ClN4O2S. The van der Waals surface area contributed by atoms with Gasteiger partial charge in [0, 0.05) is 11.3 Å². The zero-order chi connectivity index (χ0) is 22.7. The van der Waals surface area contributed by atoms with Gasteiger partial charge < -0.3 is 5.32 Å². The van der Waals surface area contributed by atoms with Crippen LogP contribution in [0.5, 0.6) is 0 Å². The first-order valence-corrected chi connectivity index (χ1v) is 12.1. The van der Waals surface area contributed by atoms with Crippen LogP contribution in [0, 0.1) is 6.92 Å². The van der Waals surface area contributed by atoms with Gasteiger partial charge in [-0.1, -0.05) is 66.2 Å². The normalized spacial score (nSPS) is 11.2. The van der Waals surface area contributed by atoms with Crippen LogP contribution < -0.4 is 10.0 Å². The highest BCUT2D eigenvalue weighted by Crippen LogP contribution is 2.31. The standard InChI is InChI=1S/C24H21ClN4O2S/c1-16-11-12-20(29-32(2,30)31)14-22(16)27-24-26-15-21(25)23(28-24)19-10-6-9-18(13-19)17-7-4-3-5-8-17/h3-15,29H,1-2H3,(H,26,27,28). The molecule has 4 aromatic rings. The van der Waals surface area contributed by atoms with Crippen LogP contribution in [-0.4, -0.2) is 24.6 Å². The quantitative estimate of drug-likeness (QED) is 0.372. The molecular weight excluding hydrogens is 444 g/mol. The number of nitrogens with zero attached hydrogens (tertiary/aromatic N) is 2. The van der Waals surface area contributed by atoms with Gasteiger partial charge in [0.1, 0.15) is 0 Å². The Balaban J connectivity index is 1.67. The van der Waals surface area contributed by atoms with Crippen LogP contribution in [0.4, 0.5) is 17.3 Å². The number of rotatable bonds is 6. The Hall–Kier alpha value is -3.42. The number of sulfonamides is 1. The number of hydrogen-bond acceptors (Lipinski definition) is 5. The third kappa shape index (κ3) is 5.25. The van der Waals surface area contributed by atoms with E-state index in [1.807, 2.05) is 67.6 Å². The fourth-order valence-corrected chi connectivity index (χ4v) is 4.02. The summed E-state index contributed by atoms with van der Waals surface area (Å²) in [5.41, 5.74) is 5.67. The maximum atomic E-state index is 11.6. The third-order valence-electron chi connectivity index (χ3n) is 4.77. The fourth-order valence-electron chi connectivity index (χ4n) is 3.26. The maximum Gasteiger partial charge on any atom is 0.229 e. The molecule has 2 N–H and O–H groups in total. The van der Waals surface area contributed by atoms with E-state index in [1.165, 1.54) is 0 Å². The van der Waals surface area contributed by atoms with E-state index >= 15 is 0 Å². The molecule has 0 fully saturated rings. The van der Waals surface area contributed by atoms with Gasteiger partial charge in [-0.15, -0.1) is 0 Å². The molecule has 6 nitrogen and oxygen atoms in total. The highest BCUT2D eigenvalue weighted by Gasteiger charge is 2.11. The maximum absolute atomic E-state index is 11.6. The number of halogens is 1. The summed E-state index contributed by atoms with van der Waals surface area (Å²) in [7, 11) is -3.38. The van der Waals surface area contributed by atoms with E-state index in [4.69, 9.17) is 11.6 Å². The topological polar surface area (TPSA) is 84.0 Å². The van der Waals surface area contributed by atoms with Crippen molar-refractivity contribution < 1.29 is 8.42 Å². The third-order valence-corrected chi connectivity index (χ3v) is 5.66. The van der Waals surface area contributed by atoms with Crippen LogP contribution in [0.1, 0.15) is 5.56 Å². The zero-order valence-corrected chi connectivity index (χ0v) is 19.1. The Morgan fingerprint density at radius 1 is 0.875 bits per heavy atom. The molecule has 0 aliphatic carbocycles. The molecule has 0 radical (unpaired) electrons. The van der Waals surface area contributed by atoms with Crippen molar-refractivity contribution in [2.45, 2.75) is 6.92 Å². The number of anilines is 3. The molecule has 32 heavy (non-hydrogen) atoms. The van der Waals surface area contributed by atoms with Gasteiger partial charge in [-0.2, -0.15) is 0 Å². The van der Waals surface area contributed by atoms with Crippen molar-refractivity contribution in [3.8, 4) is 22.4 Å². The lowest BCUT2D eigenvalue weighted by Crippen LogP contribution is -2.10. The fraction of sp³-hybridized carbons (Fsp3) is 0.0833. The van der Waals surface area contributed by atoms with Crippen LogP contribution in [-0.2, 0) is 10.0 Å². The molecule has 3 aromatic carbocycles. The van der Waals surface area contributed by atoms with E-state index in [2.05, 4.69) is 20.0 Å². The molecule has 0 saturated heterocycles. The minimum Gasteiger partial charge on any atom is -0.324 e. The predicted octanol–water partition coefficient (Wildman–Crippen LogP) is 5.89. The van der Waals surface area contributed by atoms with E-state index in [9.17, 15) is 8.42 Å². The number of benzene rings is 3. The molecule has 4 rings (SSSR count). The minimum atomic E-state index is -3.38. The average molecular weight is 465 g/mol. The molecule has 0 bridgehead atoms. The van der Waals surface area contributed by atoms with Crippen molar-refractivity contribution in [1.29, 1.82) is 0 Å². The summed E-state index contributed by atoms with van der Waals surface area (Å²) in [5, 5.41) is 3.60. The Bertz CT molecular complexity index is 1380. The summed E-state index contributed by atoms with van der Waals surface area (Å²) >= 11 is 6.43. The second-order valence-corrected chi connectivity index (χ2v) is 9.52. The van der Waals surface area contributed by atoms with E-state index in [-0.39, 0.29) is 0 Å². The second kappa shape index (κ2) is 8.98. The van der Waals surface area contributed by atoms with Crippen LogP contribution in [0.3, 0.4) is 0 Å². The lowest BCUT2D eigenvalue weighted by atomic mass is 10.0. The summed E-state index contributed by atoms with van der Waals surface area (Å²) in [4.78, 5) is 8.92. The molecule has 0 aliphatic heterocycles. The van der Waals surface area contributed by atoms with E-state index in [1.54, 1.807) is 18.3 Å². The van der Waals surface area contributed by atoms with Gasteiger partial charge in [0.15, 0.2) is 0 Å². The van der Waals surface area contributed by atoms with Crippen LogP contribution >= 0.6 is 11.6 Å². The first-order valence-electron chi connectivity index (χ1n) is 9.82. The lowest BCUT2D eigenvalue weighted by Gasteiger charge is -2.13. The first-order chi connectivity index (χ1) is 15.3. The Morgan fingerprint density at radius 3 is 2.34 bits per heavy atom. The highest BCUT2D eigenvalue weighted by molar-refractivity contribution is 7.92. The summed E-state index contributed by atoms with van der Waals surface area (Å²) in [6, 6.07) is 23.3. The van der Waals surface area contributed by atoms with Gasteiger partial charge in [0.25, 0.3) is 0 Å². The van der Waals surface area contributed by atoms with Gasteiger partial charge in [-0.05, 0) is 41.8 Å². The molecule has 162 valence electrons. The van der Waals surface area contributed by atoms with Crippen molar-refractivity contribution >= 4 is 38.9 Å². The summed E-state index contributed by atoms with van der Waals surface area (Å²) in [6.07, 6.45) is 2.66. The lowest BCUT2D eigenvalue weighted by molar-refractivity contribution is 0.607. The van der Waals surface area contributed by atoms with Crippen molar-refractivity contribution in [3.63, 3.8) is 0 Å². The van der Waals surface area contributed by atoms with Crippen molar-refractivity contribution in [1.82, 2.24) is 9.97 Å². The Kier molecular flexibility index (Phi) is 6.12. The van der Waals surface area contributed by atoms with Gasteiger partial charge in [0.05, 0.1) is 28.9 Å². The summed E-state index contributed by atoms with van der Waals surface area (Å²) in [5.74, 6) is 0.356. The average Bonchev–Trinajstić information content (AvgIpc) is 2.77. The number of aryl methyl sites for hydroxylation is 1. The predicted molar refractivity (Wildman–Crippen MR) is 131 cm³/mol. The minimum absolute atomic E-state index is 0.356. The van der Waals surface area contributed by atoms with Gasteiger partial charge in [0.2, 0.25) is 16.0 Å². The Morgan fingerprint density at radius 2 is 1.59 bits per heavy atom. The molecule has 0 atom stereocenters. The first kappa shape index (κ1) is 21.8. The van der Waals surface area contributed by atoms with Crippen molar-refractivity contribution in [2.24, 2.45) is 0 Å². The summed E-state index contributed by atoms with van der Waals surface area (Å²) < 4.78 is 25.6. The van der Waals surface area contributed by atoms with Crippen LogP contribution in [0.25, 0.3) is 22.4 Å². The monoisotopic (exact) mass is 464 g/mol. The molecule has 1 aromatic heterocycles. The van der Waals surface area contributed by atoms with Crippen LogP contribution in [0.15, 0.2) is 79.0 Å². The van der Waals surface area contributed by atoms with E-state index in [0.717, 1.165) is 28.5 Å². The zero-order valence-electron chi connectivity index (χ0n) is 17.5. The molecule has 1 heterocycles. The van der Waals surface area contributed by atoms with Crippen molar-refractivity contribution in [3.05, 3.63) is 89.6 Å². The molecule has 0 unspecified atom stereocenters. The molecule has 0 spiro atoms. The van der Waals surface area contributed by atoms with Gasteiger partial charge in [-0.3, -0.25) is 4.72 Å². The van der Waals surface area contributed by atoms with Crippen LogP contribution in [0.2, 0.25) is 5.02 Å². The highest BCUT2D eigenvalue weighted by atomic mass is 35.5. The molecule has 0 amide bonds. The van der Waals surface area contributed by atoms with Crippen molar-refractivity contribution in [2.75, 3.05) is 16.3 Å². The Labute approximate surface area is 192 Å². The SMILES string of the molecule is Cc1ccc(NS(C)(=O)=O)cc1Nc1ncc(Cl)c(-c2cccc(-c3ccccc3)c2)n1. The smallest absolute Gasteiger partial charge is 0.229 e. The van der Waals surface area contributed by atoms with Gasteiger partial charge in [-0.25, -0.2) is 18.4 Å². The van der Waals surface area contributed by atoms with E-state index < -0.39 is 10.0 Å². The van der Waals surface area contributed by atoms with Gasteiger partial charge >= 0.3 is 0 Å². The summed E-state index contributed by atoms with van der Waals surface area (Å²) in [6.45, 7) is 1.91. The van der Waals surface area contributed by atoms with E-state index in [0.29, 0.717) is 28.0 Å². The largest absolute Gasteiger partial charge is 0.324 e. The number of aromatic nitrogens is 2. The molecule has 0 saturated carbocycles. The molecule has 8 heteroatoms. The number of nitrogens with one attached hydrogen (secondary N) is 2.